The van der Waals surface area contributed by atoms with Crippen molar-refractivity contribution < 1.29 is 9.59 Å². The molecule has 0 aromatic heterocycles. The average molecular weight is 256 g/mol. The first-order valence-electron chi connectivity index (χ1n) is 6.70. The molecule has 0 spiro atoms. The van der Waals surface area contributed by atoms with Crippen molar-refractivity contribution in [3.8, 4) is 0 Å². The van der Waals surface area contributed by atoms with Gasteiger partial charge in [-0.3, -0.25) is 4.79 Å². The maximum absolute atomic E-state index is 12.3. The van der Waals surface area contributed by atoms with Crippen LogP contribution in [0.2, 0.25) is 0 Å². The molecule has 0 radical (unpaired) electrons. The summed E-state index contributed by atoms with van der Waals surface area (Å²) in [5.74, 6) is 0.0671. The number of hydrogen-bond donors (Lipinski definition) is 2. The second-order valence-corrected chi connectivity index (χ2v) is 6.28. The molecule has 0 rings (SSSR count). The summed E-state index contributed by atoms with van der Waals surface area (Å²) < 4.78 is 0. The molecule has 0 aliphatic carbocycles. The third kappa shape index (κ3) is 5.52. The summed E-state index contributed by atoms with van der Waals surface area (Å²) in [5, 5.41) is 5.56. The number of carbonyl (C=O) groups is 2. The quantitative estimate of drug-likeness (QED) is 0.794. The van der Waals surface area contributed by atoms with Crippen molar-refractivity contribution in [3.05, 3.63) is 0 Å². The minimum absolute atomic E-state index is 0.0337. The van der Waals surface area contributed by atoms with E-state index in [2.05, 4.69) is 10.6 Å². The first-order chi connectivity index (χ1) is 8.09. The van der Waals surface area contributed by atoms with Crippen molar-refractivity contribution in [1.29, 1.82) is 0 Å². The van der Waals surface area contributed by atoms with Crippen LogP contribution in [0, 0.1) is 11.3 Å². The fraction of sp³-hybridized carbons (Fsp3) is 0.857. The van der Waals surface area contributed by atoms with Crippen LogP contribution in [0.3, 0.4) is 0 Å². The third-order valence-corrected chi connectivity index (χ3v) is 2.94. The van der Waals surface area contributed by atoms with E-state index >= 15 is 0 Å². The van der Waals surface area contributed by atoms with Gasteiger partial charge in [0, 0.05) is 12.0 Å². The lowest BCUT2D eigenvalue weighted by Crippen LogP contribution is -2.54. The van der Waals surface area contributed by atoms with Gasteiger partial charge in [0.25, 0.3) is 0 Å². The monoisotopic (exact) mass is 256 g/mol. The fourth-order valence-electron chi connectivity index (χ4n) is 1.64. The maximum Gasteiger partial charge on any atom is 0.315 e. The molecule has 0 heterocycles. The van der Waals surface area contributed by atoms with Crippen molar-refractivity contribution in [1.82, 2.24) is 10.6 Å². The smallest absolute Gasteiger partial charge is 0.315 e. The largest absolute Gasteiger partial charge is 0.336 e. The highest BCUT2D eigenvalue weighted by Gasteiger charge is 2.34. The molecule has 2 unspecified atom stereocenters. The van der Waals surface area contributed by atoms with Crippen LogP contribution in [0.25, 0.3) is 0 Å². The van der Waals surface area contributed by atoms with Gasteiger partial charge in [-0.05, 0) is 25.7 Å². The Kier molecular flexibility index (Phi) is 6.36. The van der Waals surface area contributed by atoms with Crippen molar-refractivity contribution in [3.63, 3.8) is 0 Å². The van der Waals surface area contributed by atoms with Gasteiger partial charge in [-0.2, -0.15) is 0 Å². The van der Waals surface area contributed by atoms with Crippen molar-refractivity contribution in [2.75, 3.05) is 0 Å². The summed E-state index contributed by atoms with van der Waals surface area (Å²) in [7, 11) is 0. The van der Waals surface area contributed by atoms with Gasteiger partial charge >= 0.3 is 6.03 Å². The van der Waals surface area contributed by atoms with E-state index in [-0.39, 0.29) is 29.2 Å². The number of carbonyl (C=O) groups excluding carboxylic acids is 2. The van der Waals surface area contributed by atoms with E-state index in [1.54, 1.807) is 0 Å². The van der Waals surface area contributed by atoms with E-state index < -0.39 is 6.04 Å². The van der Waals surface area contributed by atoms with Crippen LogP contribution in [0.1, 0.15) is 54.9 Å². The molecular weight excluding hydrogens is 228 g/mol. The lowest BCUT2D eigenvalue weighted by molar-refractivity contribution is -0.126. The first-order valence-corrected chi connectivity index (χ1v) is 6.70. The van der Waals surface area contributed by atoms with Crippen LogP contribution in [0.4, 0.5) is 4.79 Å². The lowest BCUT2D eigenvalue weighted by atomic mass is 9.80. The second kappa shape index (κ2) is 6.76. The van der Waals surface area contributed by atoms with Gasteiger partial charge in [0.1, 0.15) is 0 Å². The zero-order valence-electron chi connectivity index (χ0n) is 12.8. The molecule has 0 saturated carbocycles. The normalized spacial score (nSPS) is 15.1. The van der Waals surface area contributed by atoms with Crippen LogP contribution in [0.15, 0.2) is 0 Å². The highest BCUT2D eigenvalue weighted by Crippen LogP contribution is 2.23. The summed E-state index contributed by atoms with van der Waals surface area (Å²) in [6.07, 6.45) is 0.791. The highest BCUT2D eigenvalue weighted by atomic mass is 16.2. The van der Waals surface area contributed by atoms with Crippen molar-refractivity contribution in [2.45, 2.75) is 67.0 Å². The van der Waals surface area contributed by atoms with Gasteiger partial charge in [-0.15, -0.1) is 0 Å². The summed E-state index contributed by atoms with van der Waals surface area (Å²) in [5.41, 5.74) is -0.283. The molecule has 106 valence electrons. The molecule has 0 bridgehead atoms. The lowest BCUT2D eigenvalue weighted by Gasteiger charge is -2.32. The Morgan fingerprint density at radius 2 is 1.56 bits per heavy atom. The van der Waals surface area contributed by atoms with E-state index in [4.69, 9.17) is 0 Å². The molecule has 0 aliphatic heterocycles. The Morgan fingerprint density at radius 3 is 1.89 bits per heavy atom. The molecule has 18 heavy (non-hydrogen) atoms. The predicted octanol–water partition coefficient (Wildman–Crippen LogP) is 2.72. The summed E-state index contributed by atoms with van der Waals surface area (Å²) in [6.45, 7) is 13.6. The van der Waals surface area contributed by atoms with Gasteiger partial charge in [0.15, 0.2) is 5.78 Å². The minimum Gasteiger partial charge on any atom is -0.336 e. The zero-order valence-corrected chi connectivity index (χ0v) is 12.8. The van der Waals surface area contributed by atoms with E-state index in [1.165, 1.54) is 0 Å². The van der Waals surface area contributed by atoms with Gasteiger partial charge < -0.3 is 10.6 Å². The number of urea groups is 1. The summed E-state index contributed by atoms with van der Waals surface area (Å²) >= 11 is 0. The van der Waals surface area contributed by atoms with E-state index in [1.807, 2.05) is 48.5 Å². The molecule has 4 nitrogen and oxygen atoms in total. The number of nitrogens with one attached hydrogen (secondary N) is 2. The van der Waals surface area contributed by atoms with Crippen LogP contribution in [-0.4, -0.2) is 23.9 Å². The molecule has 0 saturated heterocycles. The zero-order chi connectivity index (χ0) is 14.5. The molecule has 4 heteroatoms. The Hall–Kier alpha value is -1.06. The van der Waals surface area contributed by atoms with Crippen molar-refractivity contribution >= 4 is 11.8 Å². The van der Waals surface area contributed by atoms with Crippen LogP contribution in [-0.2, 0) is 4.79 Å². The van der Waals surface area contributed by atoms with E-state index in [0.29, 0.717) is 0 Å². The molecule has 2 atom stereocenters. The Morgan fingerprint density at radius 1 is 1.06 bits per heavy atom. The first kappa shape index (κ1) is 16.9. The van der Waals surface area contributed by atoms with Crippen LogP contribution < -0.4 is 10.6 Å². The number of ketones is 1. The topological polar surface area (TPSA) is 58.2 Å². The van der Waals surface area contributed by atoms with Crippen LogP contribution in [0.5, 0.6) is 0 Å². The van der Waals surface area contributed by atoms with Crippen LogP contribution >= 0.6 is 0 Å². The molecule has 0 fully saturated rings. The summed E-state index contributed by atoms with van der Waals surface area (Å²) in [4.78, 5) is 24.1. The summed E-state index contributed by atoms with van der Waals surface area (Å²) in [6, 6.07) is -0.669. The Balaban J connectivity index is 4.82. The number of Topliss-reactive ketones (excluding diaryl/α,β-unsaturated/α-hetero) is 1. The Labute approximate surface area is 111 Å². The molecule has 2 N–H and O–H groups in total. The van der Waals surface area contributed by atoms with E-state index in [0.717, 1.165) is 6.42 Å². The van der Waals surface area contributed by atoms with Crippen molar-refractivity contribution in [2.24, 2.45) is 11.3 Å². The number of rotatable bonds is 5. The van der Waals surface area contributed by atoms with E-state index in [9.17, 15) is 9.59 Å². The molecule has 0 aromatic rings. The SMILES string of the molecule is CCC(C)C(=O)C(NC(=O)NC(C)C)C(C)(C)C. The molecule has 0 aromatic carbocycles. The highest BCUT2D eigenvalue weighted by molar-refractivity contribution is 5.90. The van der Waals surface area contributed by atoms with Gasteiger partial charge in [-0.1, -0.05) is 34.6 Å². The second-order valence-electron chi connectivity index (χ2n) is 6.28. The standard InChI is InChI=1S/C14H28N2O2/c1-8-10(4)11(17)12(14(5,6)7)16-13(18)15-9(2)3/h9-10,12H,8H2,1-7H3,(H2,15,16,18). The molecule has 2 amide bonds. The Bertz CT molecular complexity index is 293. The predicted molar refractivity (Wildman–Crippen MR) is 74.5 cm³/mol. The number of hydrogen-bond acceptors (Lipinski definition) is 2. The molecule has 0 aliphatic rings. The van der Waals surface area contributed by atoms with Gasteiger partial charge in [0.2, 0.25) is 0 Å². The molecular formula is C14H28N2O2. The fourth-order valence-corrected chi connectivity index (χ4v) is 1.64. The number of amides is 2. The minimum atomic E-state index is -0.453. The van der Waals surface area contributed by atoms with Gasteiger partial charge in [-0.25, -0.2) is 4.79 Å². The maximum atomic E-state index is 12.3. The van der Waals surface area contributed by atoms with Gasteiger partial charge in [0.05, 0.1) is 6.04 Å². The average Bonchev–Trinajstić information content (AvgIpc) is 2.21. The third-order valence-electron chi connectivity index (χ3n) is 2.94.